The fourth-order valence-corrected chi connectivity index (χ4v) is 2.91. The van der Waals surface area contributed by atoms with Crippen molar-refractivity contribution in [3.8, 4) is 5.69 Å². The maximum Gasteiger partial charge on any atom is 0.293 e. The molecule has 6 nitrogen and oxygen atoms in total. The van der Waals surface area contributed by atoms with Crippen LogP contribution in [0.15, 0.2) is 24.3 Å². The quantitative estimate of drug-likeness (QED) is 0.781. The zero-order chi connectivity index (χ0) is 17.1. The average molecular weight is 349 g/mol. The van der Waals surface area contributed by atoms with E-state index in [1.165, 1.54) is 0 Å². The second-order valence-corrected chi connectivity index (χ2v) is 6.41. The monoisotopic (exact) mass is 348 g/mol. The van der Waals surface area contributed by atoms with Gasteiger partial charge in [0.15, 0.2) is 0 Å². The van der Waals surface area contributed by atoms with Gasteiger partial charge in [0.1, 0.15) is 5.82 Å². The molecule has 1 fully saturated rings. The minimum atomic E-state index is -0.149. The van der Waals surface area contributed by atoms with E-state index in [1.807, 2.05) is 23.1 Å². The van der Waals surface area contributed by atoms with Crippen molar-refractivity contribution in [2.75, 3.05) is 13.2 Å². The van der Waals surface area contributed by atoms with Gasteiger partial charge in [0, 0.05) is 19.2 Å². The molecule has 7 heteroatoms. The molecule has 1 aromatic carbocycles. The summed E-state index contributed by atoms with van der Waals surface area (Å²) in [4.78, 5) is 19.0. The molecule has 0 spiro atoms. The summed E-state index contributed by atoms with van der Waals surface area (Å²) in [5, 5.41) is 13.9. The Morgan fingerprint density at radius 3 is 2.79 bits per heavy atom. The number of carbonyl (C=O) groups is 1. The molecular weight excluding hydrogens is 328 g/mol. The first-order valence-corrected chi connectivity index (χ1v) is 8.60. The number of para-hydroxylation sites is 1. The molecule has 0 bridgehead atoms. The number of aliphatic hydroxyl groups is 1. The van der Waals surface area contributed by atoms with Gasteiger partial charge in [-0.2, -0.15) is 0 Å². The molecule has 1 N–H and O–H groups in total. The zero-order valence-corrected chi connectivity index (χ0v) is 14.4. The molecule has 3 rings (SSSR count). The molecular formula is C17H21ClN4O2. The Kier molecular flexibility index (Phi) is 5.16. The lowest BCUT2D eigenvalue weighted by Gasteiger charge is -2.20. The van der Waals surface area contributed by atoms with Gasteiger partial charge in [-0.1, -0.05) is 23.7 Å². The van der Waals surface area contributed by atoms with Gasteiger partial charge in [-0.05, 0) is 44.7 Å². The fraction of sp³-hybridized carbons (Fsp3) is 0.471. The highest BCUT2D eigenvalue weighted by atomic mass is 35.5. The minimum Gasteiger partial charge on any atom is -0.396 e. The number of aromatic nitrogens is 3. The Hall–Kier alpha value is -1.92. The number of halogens is 1. The summed E-state index contributed by atoms with van der Waals surface area (Å²) >= 11 is 6.22. The van der Waals surface area contributed by atoms with Gasteiger partial charge in [-0.25, -0.2) is 9.67 Å². The zero-order valence-electron chi connectivity index (χ0n) is 13.7. The lowest BCUT2D eigenvalue weighted by molar-refractivity contribution is 0.0724. The maximum absolute atomic E-state index is 12.8. The number of benzene rings is 1. The van der Waals surface area contributed by atoms with Crippen molar-refractivity contribution in [1.82, 2.24) is 19.7 Å². The van der Waals surface area contributed by atoms with E-state index in [-0.39, 0.29) is 24.4 Å². The largest absolute Gasteiger partial charge is 0.396 e. The molecule has 0 atom stereocenters. The van der Waals surface area contributed by atoms with Crippen LogP contribution in [-0.4, -0.2) is 49.9 Å². The summed E-state index contributed by atoms with van der Waals surface area (Å²) in [6.07, 6.45) is 3.52. The normalized spacial score (nSPS) is 14.0. The molecule has 1 heterocycles. The number of aryl methyl sites for hydroxylation is 1. The Morgan fingerprint density at radius 2 is 2.12 bits per heavy atom. The Bertz CT molecular complexity index is 727. The molecule has 0 saturated heterocycles. The van der Waals surface area contributed by atoms with Crippen LogP contribution in [-0.2, 0) is 0 Å². The Balaban J connectivity index is 1.82. The smallest absolute Gasteiger partial charge is 0.293 e. The van der Waals surface area contributed by atoms with Crippen LogP contribution >= 0.6 is 11.6 Å². The van der Waals surface area contributed by atoms with Crippen LogP contribution in [0.25, 0.3) is 5.69 Å². The summed E-state index contributed by atoms with van der Waals surface area (Å²) in [5.74, 6) is 0.671. The van der Waals surface area contributed by atoms with Crippen LogP contribution in [0, 0.1) is 6.92 Å². The van der Waals surface area contributed by atoms with Gasteiger partial charge in [0.25, 0.3) is 5.91 Å². The summed E-state index contributed by atoms with van der Waals surface area (Å²) in [6, 6.07) is 7.63. The maximum atomic E-state index is 12.8. The number of unbranched alkanes of at least 4 members (excludes halogenated alkanes) is 1. The van der Waals surface area contributed by atoms with Crippen molar-refractivity contribution in [1.29, 1.82) is 0 Å². The highest BCUT2D eigenvalue weighted by Gasteiger charge is 2.34. The number of amides is 1. The molecule has 0 unspecified atom stereocenters. The Morgan fingerprint density at radius 1 is 1.38 bits per heavy atom. The Labute approximate surface area is 146 Å². The van der Waals surface area contributed by atoms with Crippen LogP contribution in [0.1, 0.15) is 42.1 Å². The van der Waals surface area contributed by atoms with E-state index in [1.54, 1.807) is 17.7 Å². The predicted octanol–water partition coefficient (Wildman–Crippen LogP) is 2.61. The van der Waals surface area contributed by atoms with Gasteiger partial charge < -0.3 is 10.0 Å². The first-order valence-electron chi connectivity index (χ1n) is 8.22. The first kappa shape index (κ1) is 16.9. The van der Waals surface area contributed by atoms with Gasteiger partial charge >= 0.3 is 0 Å². The lowest BCUT2D eigenvalue weighted by Crippen LogP contribution is -2.35. The van der Waals surface area contributed by atoms with Crippen LogP contribution in [0.3, 0.4) is 0 Å². The van der Waals surface area contributed by atoms with E-state index in [4.69, 9.17) is 16.7 Å². The molecule has 1 aliphatic rings. The number of nitrogens with zero attached hydrogens (tertiary/aromatic N) is 4. The second-order valence-electron chi connectivity index (χ2n) is 6.01. The molecule has 0 aliphatic heterocycles. The van der Waals surface area contributed by atoms with Crippen molar-refractivity contribution in [3.05, 3.63) is 40.9 Å². The van der Waals surface area contributed by atoms with E-state index in [9.17, 15) is 4.79 Å². The van der Waals surface area contributed by atoms with Crippen LogP contribution in [0.2, 0.25) is 5.02 Å². The molecule has 0 radical (unpaired) electrons. The highest BCUT2D eigenvalue weighted by Crippen LogP contribution is 2.28. The van der Waals surface area contributed by atoms with Crippen molar-refractivity contribution in [2.45, 2.75) is 38.6 Å². The highest BCUT2D eigenvalue weighted by molar-refractivity contribution is 6.32. The van der Waals surface area contributed by atoms with Gasteiger partial charge in [0.05, 0.1) is 10.7 Å². The number of rotatable bonds is 7. The molecule has 1 aliphatic carbocycles. The lowest BCUT2D eigenvalue weighted by atomic mass is 10.3. The molecule has 128 valence electrons. The minimum absolute atomic E-state index is 0.144. The fourth-order valence-electron chi connectivity index (χ4n) is 2.69. The SMILES string of the molecule is Cc1nc(C(=O)N(CCCCO)C2CC2)nn1-c1ccccc1Cl. The second kappa shape index (κ2) is 7.32. The number of hydrogen-bond acceptors (Lipinski definition) is 4. The third kappa shape index (κ3) is 3.60. The van der Waals surface area contributed by atoms with E-state index in [2.05, 4.69) is 10.1 Å². The predicted molar refractivity (Wildman–Crippen MR) is 91.5 cm³/mol. The van der Waals surface area contributed by atoms with Crippen molar-refractivity contribution < 1.29 is 9.90 Å². The third-order valence-corrected chi connectivity index (χ3v) is 4.42. The molecule has 24 heavy (non-hydrogen) atoms. The number of hydrogen-bond donors (Lipinski definition) is 1. The molecule has 1 aromatic heterocycles. The summed E-state index contributed by atoms with van der Waals surface area (Å²) in [6.45, 7) is 2.58. The summed E-state index contributed by atoms with van der Waals surface area (Å²) in [5.41, 5.74) is 0.710. The van der Waals surface area contributed by atoms with E-state index < -0.39 is 0 Å². The van der Waals surface area contributed by atoms with Gasteiger partial charge in [-0.3, -0.25) is 4.79 Å². The number of carbonyl (C=O) groups excluding carboxylic acids is 1. The van der Waals surface area contributed by atoms with Gasteiger partial charge in [-0.15, -0.1) is 5.10 Å². The summed E-state index contributed by atoms with van der Waals surface area (Å²) < 4.78 is 1.61. The first-order chi connectivity index (χ1) is 11.6. The van der Waals surface area contributed by atoms with Crippen molar-refractivity contribution in [3.63, 3.8) is 0 Å². The van der Waals surface area contributed by atoms with E-state index >= 15 is 0 Å². The van der Waals surface area contributed by atoms with Crippen LogP contribution in [0.5, 0.6) is 0 Å². The molecule has 2 aromatic rings. The van der Waals surface area contributed by atoms with E-state index in [0.29, 0.717) is 29.5 Å². The van der Waals surface area contributed by atoms with Crippen LogP contribution < -0.4 is 0 Å². The molecule has 1 amide bonds. The summed E-state index contributed by atoms with van der Waals surface area (Å²) in [7, 11) is 0. The van der Waals surface area contributed by atoms with Crippen molar-refractivity contribution in [2.24, 2.45) is 0 Å². The van der Waals surface area contributed by atoms with Crippen molar-refractivity contribution >= 4 is 17.5 Å². The molecule has 1 saturated carbocycles. The third-order valence-electron chi connectivity index (χ3n) is 4.10. The van der Waals surface area contributed by atoms with E-state index in [0.717, 1.165) is 19.3 Å². The topological polar surface area (TPSA) is 71.2 Å². The standard InChI is InChI=1S/C17H21ClN4O2/c1-12-19-16(20-22(12)15-7-3-2-6-14(15)18)17(24)21(13-8-9-13)10-4-5-11-23/h2-3,6-7,13,23H,4-5,8-11H2,1H3. The average Bonchev–Trinajstić information content (AvgIpc) is 3.34. The van der Waals surface area contributed by atoms with Gasteiger partial charge in [0.2, 0.25) is 5.82 Å². The van der Waals surface area contributed by atoms with Crippen LogP contribution in [0.4, 0.5) is 0 Å². The number of aliphatic hydroxyl groups excluding tert-OH is 1.